The first-order chi connectivity index (χ1) is 9.58. The number of amides is 2. The molecule has 0 aromatic rings. The third-order valence-corrected chi connectivity index (χ3v) is 5.63. The monoisotopic (exact) mass is 317 g/mol. The Hall–Kier alpha value is -0.950. The summed E-state index contributed by atoms with van der Waals surface area (Å²) >= 11 is 1.54. The number of nitrogens with one attached hydrogen (secondary N) is 1. The highest BCUT2D eigenvalue weighted by atomic mass is 32.2. The van der Waals surface area contributed by atoms with Crippen molar-refractivity contribution < 1.29 is 14.7 Å². The van der Waals surface area contributed by atoms with E-state index >= 15 is 0 Å². The number of thioether (sulfide) groups is 1. The van der Waals surface area contributed by atoms with Crippen LogP contribution in [0, 0.1) is 5.92 Å². The van der Waals surface area contributed by atoms with Crippen LogP contribution in [0.3, 0.4) is 0 Å². The van der Waals surface area contributed by atoms with Crippen LogP contribution in [0.1, 0.15) is 27.7 Å². The molecule has 0 saturated carbocycles. The maximum absolute atomic E-state index is 12.5. The lowest BCUT2D eigenvalue weighted by Gasteiger charge is -2.35. The molecule has 0 bridgehead atoms. The second kappa shape index (κ2) is 6.87. The normalized spacial score (nSPS) is 23.0. The lowest BCUT2D eigenvalue weighted by molar-refractivity contribution is -0.141. The summed E-state index contributed by atoms with van der Waals surface area (Å²) in [6.45, 7) is 8.54. The van der Waals surface area contributed by atoms with E-state index in [1.807, 2.05) is 46.7 Å². The van der Waals surface area contributed by atoms with Crippen molar-refractivity contribution in [2.24, 2.45) is 5.92 Å². The van der Waals surface area contributed by atoms with Crippen molar-refractivity contribution >= 4 is 23.8 Å². The predicted octanol–water partition coefficient (Wildman–Crippen LogP) is 1.52. The molecule has 0 radical (unpaired) electrons. The lowest BCUT2D eigenvalue weighted by Crippen LogP contribution is -2.55. The first-order valence-corrected chi connectivity index (χ1v) is 8.21. The Morgan fingerprint density at radius 2 is 2.00 bits per heavy atom. The highest BCUT2D eigenvalue weighted by Crippen LogP contribution is 2.34. The number of carboxylic acids is 1. The lowest BCUT2D eigenvalue weighted by atomic mass is 10.0. The molecule has 2 N–H and O–H groups in total. The van der Waals surface area contributed by atoms with Crippen LogP contribution in [0.15, 0.2) is 0 Å². The summed E-state index contributed by atoms with van der Waals surface area (Å²) in [5, 5.41) is 12.1. The average Bonchev–Trinajstić information content (AvgIpc) is 2.80. The summed E-state index contributed by atoms with van der Waals surface area (Å²) < 4.78 is 0. The van der Waals surface area contributed by atoms with E-state index in [1.165, 1.54) is 16.7 Å². The number of nitrogens with zero attached hydrogens (tertiary/aromatic N) is 2. The minimum absolute atomic E-state index is 0.0893. The van der Waals surface area contributed by atoms with Crippen LogP contribution in [0.25, 0.3) is 0 Å². The predicted molar refractivity (Wildman–Crippen MR) is 85.5 cm³/mol. The Labute approximate surface area is 131 Å². The molecule has 7 heteroatoms. The highest BCUT2D eigenvalue weighted by molar-refractivity contribution is 8.00. The number of aliphatic carboxylic acids is 1. The van der Waals surface area contributed by atoms with E-state index in [2.05, 4.69) is 5.32 Å². The van der Waals surface area contributed by atoms with Gasteiger partial charge in [0.2, 0.25) is 0 Å². The van der Waals surface area contributed by atoms with Crippen LogP contribution in [-0.2, 0) is 4.79 Å². The third kappa shape index (κ3) is 4.26. The number of urea groups is 1. The molecular weight excluding hydrogens is 290 g/mol. The summed E-state index contributed by atoms with van der Waals surface area (Å²) in [7, 11) is 3.91. The van der Waals surface area contributed by atoms with Crippen molar-refractivity contribution in [2.75, 3.05) is 26.4 Å². The number of carboxylic acid groups (broad SMARTS) is 1. The zero-order chi connectivity index (χ0) is 16.4. The fraction of sp³-hybridized carbons (Fsp3) is 0.857. The Bertz CT molecular complexity index is 399. The quantitative estimate of drug-likeness (QED) is 0.804. The van der Waals surface area contributed by atoms with Crippen LogP contribution in [0.4, 0.5) is 4.79 Å². The maximum atomic E-state index is 12.5. The molecule has 1 heterocycles. The van der Waals surface area contributed by atoms with Gasteiger partial charge in [-0.25, -0.2) is 9.59 Å². The van der Waals surface area contributed by atoms with Gasteiger partial charge >= 0.3 is 12.0 Å². The number of rotatable bonds is 5. The molecule has 1 rings (SSSR count). The van der Waals surface area contributed by atoms with Gasteiger partial charge in [0.15, 0.2) is 0 Å². The summed E-state index contributed by atoms with van der Waals surface area (Å²) in [5.74, 6) is -0.275. The van der Waals surface area contributed by atoms with E-state index in [0.717, 1.165) is 0 Å². The molecular formula is C14H27N3O3S. The molecule has 2 unspecified atom stereocenters. The smallest absolute Gasteiger partial charge is 0.327 e. The fourth-order valence-corrected chi connectivity index (χ4v) is 3.50. The number of hydrogen-bond acceptors (Lipinski definition) is 4. The van der Waals surface area contributed by atoms with Crippen molar-refractivity contribution in [1.29, 1.82) is 0 Å². The zero-order valence-electron chi connectivity index (χ0n) is 13.7. The van der Waals surface area contributed by atoms with Crippen molar-refractivity contribution in [1.82, 2.24) is 15.1 Å². The first kappa shape index (κ1) is 18.1. The number of carbonyl (C=O) groups is 2. The van der Waals surface area contributed by atoms with Crippen LogP contribution in [0.5, 0.6) is 0 Å². The van der Waals surface area contributed by atoms with Gasteiger partial charge in [-0.2, -0.15) is 0 Å². The van der Waals surface area contributed by atoms with Gasteiger partial charge in [0.25, 0.3) is 0 Å². The van der Waals surface area contributed by atoms with Gasteiger partial charge in [0.05, 0.1) is 5.37 Å². The van der Waals surface area contributed by atoms with Gasteiger partial charge in [0.1, 0.15) is 6.04 Å². The maximum Gasteiger partial charge on any atom is 0.327 e. The Morgan fingerprint density at radius 1 is 1.43 bits per heavy atom. The van der Waals surface area contributed by atoms with Gasteiger partial charge < -0.3 is 15.3 Å². The van der Waals surface area contributed by atoms with Crippen LogP contribution in [0.2, 0.25) is 0 Å². The van der Waals surface area contributed by atoms with E-state index in [4.69, 9.17) is 0 Å². The average molecular weight is 317 g/mol. The summed E-state index contributed by atoms with van der Waals surface area (Å²) in [4.78, 5) is 27.3. The molecule has 1 saturated heterocycles. The molecule has 1 fully saturated rings. The van der Waals surface area contributed by atoms with Gasteiger partial charge in [-0.3, -0.25) is 4.90 Å². The van der Waals surface area contributed by atoms with Crippen molar-refractivity contribution in [3.05, 3.63) is 0 Å². The van der Waals surface area contributed by atoms with Gasteiger partial charge in [-0.05, 0) is 33.9 Å². The standard InChI is InChI=1S/C14H27N3O3S/c1-9(2)11-17(10(7-21-11)12(18)19)13(20)15-8-14(3,4)16(5)6/h9-11H,7-8H2,1-6H3,(H,15,20)(H,18,19). The first-order valence-electron chi connectivity index (χ1n) is 7.16. The fourth-order valence-electron chi connectivity index (χ4n) is 2.03. The van der Waals surface area contributed by atoms with Gasteiger partial charge in [-0.1, -0.05) is 13.8 Å². The van der Waals surface area contributed by atoms with Crippen molar-refractivity contribution in [2.45, 2.75) is 44.6 Å². The molecule has 6 nitrogen and oxygen atoms in total. The topological polar surface area (TPSA) is 72.9 Å². The molecule has 0 aromatic heterocycles. The second-order valence-corrected chi connectivity index (χ2v) is 7.74. The largest absolute Gasteiger partial charge is 0.480 e. The minimum Gasteiger partial charge on any atom is -0.480 e. The second-order valence-electron chi connectivity index (χ2n) is 6.59. The third-order valence-electron chi connectivity index (χ3n) is 4.01. The Morgan fingerprint density at radius 3 is 2.43 bits per heavy atom. The molecule has 1 aliphatic heterocycles. The molecule has 2 amide bonds. The molecule has 0 aromatic carbocycles. The summed E-state index contributed by atoms with van der Waals surface area (Å²) in [6.07, 6.45) is 0. The van der Waals surface area contributed by atoms with Crippen LogP contribution >= 0.6 is 11.8 Å². The number of hydrogen-bond donors (Lipinski definition) is 2. The highest BCUT2D eigenvalue weighted by Gasteiger charge is 2.43. The van der Waals surface area contributed by atoms with Crippen molar-refractivity contribution in [3.63, 3.8) is 0 Å². The summed E-state index contributed by atoms with van der Waals surface area (Å²) in [6, 6.07) is -1.04. The van der Waals surface area contributed by atoms with Crippen LogP contribution in [-0.4, -0.2) is 70.3 Å². The number of carbonyl (C=O) groups excluding carboxylic acids is 1. The minimum atomic E-state index is -0.937. The van der Waals surface area contributed by atoms with E-state index in [9.17, 15) is 14.7 Å². The molecule has 2 atom stereocenters. The van der Waals surface area contributed by atoms with Crippen molar-refractivity contribution in [3.8, 4) is 0 Å². The summed E-state index contributed by atoms with van der Waals surface area (Å²) in [5.41, 5.74) is -0.186. The molecule has 0 spiro atoms. The van der Waals surface area contributed by atoms with Gasteiger partial charge in [-0.15, -0.1) is 11.8 Å². The number of likely N-dealkylation sites (N-methyl/N-ethyl adjacent to an activating group) is 1. The SMILES string of the molecule is CC(C)C1SCC(C(=O)O)N1C(=O)NCC(C)(C)N(C)C. The zero-order valence-corrected chi connectivity index (χ0v) is 14.5. The Balaban J connectivity index is 2.78. The molecule has 0 aliphatic carbocycles. The van der Waals surface area contributed by atoms with E-state index in [1.54, 1.807) is 0 Å². The van der Waals surface area contributed by atoms with Crippen LogP contribution < -0.4 is 5.32 Å². The van der Waals surface area contributed by atoms with E-state index in [-0.39, 0.29) is 22.9 Å². The Kier molecular flexibility index (Phi) is 5.92. The molecule has 21 heavy (non-hydrogen) atoms. The van der Waals surface area contributed by atoms with Gasteiger partial charge in [0, 0.05) is 17.8 Å². The van der Waals surface area contributed by atoms with E-state index < -0.39 is 12.0 Å². The molecule has 122 valence electrons. The molecule has 1 aliphatic rings. The van der Waals surface area contributed by atoms with E-state index in [0.29, 0.717) is 12.3 Å².